The maximum absolute atomic E-state index is 12.9. The van der Waals surface area contributed by atoms with Gasteiger partial charge in [-0.1, -0.05) is 18.2 Å². The lowest BCUT2D eigenvalue weighted by molar-refractivity contribution is -0.143. The highest BCUT2D eigenvalue weighted by Gasteiger charge is 2.33. The van der Waals surface area contributed by atoms with Gasteiger partial charge in [-0.25, -0.2) is 4.79 Å². The van der Waals surface area contributed by atoms with Crippen molar-refractivity contribution in [2.24, 2.45) is 11.5 Å². The Morgan fingerprint density at radius 2 is 1.68 bits per heavy atom. The molecule has 10 N–H and O–H groups in total. The van der Waals surface area contributed by atoms with E-state index in [2.05, 4.69) is 20.9 Å². The largest absolute Gasteiger partial charge is 0.480 e. The molecule has 5 atom stereocenters. The van der Waals surface area contributed by atoms with E-state index in [-0.39, 0.29) is 12.8 Å². The van der Waals surface area contributed by atoms with Gasteiger partial charge in [0.25, 0.3) is 0 Å². The van der Waals surface area contributed by atoms with E-state index >= 15 is 0 Å². The highest BCUT2D eigenvalue weighted by atomic mass is 32.2. The van der Waals surface area contributed by atoms with Gasteiger partial charge in [0, 0.05) is 17.1 Å². The number of aliphatic hydroxyl groups is 1. The minimum absolute atomic E-state index is 0.122. The number of para-hydroxylation sites is 1. The molecule has 0 aliphatic rings. The Morgan fingerprint density at radius 1 is 1.03 bits per heavy atom. The van der Waals surface area contributed by atoms with Crippen molar-refractivity contribution >= 4 is 52.3 Å². The molecule has 1 aromatic heterocycles. The van der Waals surface area contributed by atoms with E-state index in [0.717, 1.165) is 16.5 Å². The first-order valence-corrected chi connectivity index (χ1v) is 13.2. The number of carboxylic acids is 1. The topological polar surface area (TPSA) is 230 Å². The molecule has 0 aliphatic heterocycles. The summed E-state index contributed by atoms with van der Waals surface area (Å²) in [6, 6.07) is 2.06. The van der Waals surface area contributed by atoms with E-state index in [1.807, 2.05) is 24.3 Å². The van der Waals surface area contributed by atoms with Crippen LogP contribution in [0.15, 0.2) is 30.5 Å². The van der Waals surface area contributed by atoms with E-state index in [4.69, 9.17) is 11.5 Å². The number of carboxylic acid groups (broad SMARTS) is 1. The van der Waals surface area contributed by atoms with E-state index in [9.17, 15) is 34.2 Å². The fraction of sp³-hybridized carbons (Fsp3) is 0.458. The first kappa shape index (κ1) is 30.6. The molecule has 0 fully saturated rings. The zero-order valence-electron chi connectivity index (χ0n) is 21.1. The number of primary amides is 1. The number of amides is 4. The second kappa shape index (κ2) is 14.4. The molecule has 0 saturated heterocycles. The number of rotatable bonds is 15. The van der Waals surface area contributed by atoms with E-state index < -0.39 is 66.3 Å². The summed E-state index contributed by atoms with van der Waals surface area (Å²) >= 11 is 1.39. The second-order valence-corrected chi connectivity index (χ2v) is 9.80. The Morgan fingerprint density at radius 3 is 2.29 bits per heavy atom. The maximum atomic E-state index is 12.9. The van der Waals surface area contributed by atoms with E-state index in [1.54, 1.807) is 12.5 Å². The third-order valence-electron chi connectivity index (χ3n) is 5.78. The predicted molar refractivity (Wildman–Crippen MR) is 142 cm³/mol. The van der Waals surface area contributed by atoms with Gasteiger partial charge in [0.05, 0.1) is 18.6 Å². The summed E-state index contributed by atoms with van der Waals surface area (Å²) in [6.45, 7) is 1.22. The predicted octanol–water partition coefficient (Wildman–Crippen LogP) is -1.41. The molecule has 0 radical (unpaired) electrons. The Balaban J connectivity index is 2.10. The molecule has 13 nitrogen and oxygen atoms in total. The Kier molecular flexibility index (Phi) is 11.6. The Labute approximate surface area is 223 Å². The molecule has 2 aromatic rings. The summed E-state index contributed by atoms with van der Waals surface area (Å²) in [6.07, 6.45) is 1.73. The molecule has 0 saturated carbocycles. The normalized spacial score (nSPS) is 15.1. The molecule has 14 heteroatoms. The van der Waals surface area contributed by atoms with Crippen LogP contribution in [0, 0.1) is 0 Å². The maximum Gasteiger partial charge on any atom is 0.326 e. The minimum Gasteiger partial charge on any atom is -0.480 e. The number of aliphatic hydroxyl groups excluding tert-OH is 1. The zero-order chi connectivity index (χ0) is 28.4. The molecule has 2 rings (SSSR count). The van der Waals surface area contributed by atoms with Gasteiger partial charge in [0.15, 0.2) is 0 Å². The smallest absolute Gasteiger partial charge is 0.326 e. The summed E-state index contributed by atoms with van der Waals surface area (Å²) < 4.78 is 0. The van der Waals surface area contributed by atoms with Gasteiger partial charge in [0.2, 0.25) is 23.6 Å². The van der Waals surface area contributed by atoms with Crippen molar-refractivity contribution < 1.29 is 34.2 Å². The molecule has 0 spiro atoms. The average Bonchev–Trinajstić information content (AvgIpc) is 3.26. The average molecular weight is 551 g/mol. The molecule has 208 valence electrons. The van der Waals surface area contributed by atoms with Crippen molar-refractivity contribution in [3.63, 3.8) is 0 Å². The second-order valence-electron chi connectivity index (χ2n) is 8.81. The van der Waals surface area contributed by atoms with Crippen molar-refractivity contribution in [1.29, 1.82) is 0 Å². The molecule has 0 aliphatic carbocycles. The lowest BCUT2D eigenvalue weighted by Crippen LogP contribution is -2.60. The number of hydrogen-bond donors (Lipinski definition) is 8. The fourth-order valence-electron chi connectivity index (χ4n) is 3.73. The molecule has 1 heterocycles. The number of carbonyl (C=O) groups excluding carboxylic acids is 4. The van der Waals surface area contributed by atoms with Gasteiger partial charge in [-0.15, -0.1) is 0 Å². The lowest BCUT2D eigenvalue weighted by Gasteiger charge is -2.26. The third kappa shape index (κ3) is 8.75. The van der Waals surface area contributed by atoms with Crippen LogP contribution < -0.4 is 27.4 Å². The van der Waals surface area contributed by atoms with Gasteiger partial charge >= 0.3 is 5.97 Å². The van der Waals surface area contributed by atoms with Gasteiger partial charge in [0.1, 0.15) is 18.1 Å². The Bertz CT molecular complexity index is 1150. The van der Waals surface area contributed by atoms with Crippen molar-refractivity contribution in [3.8, 4) is 0 Å². The quantitative estimate of drug-likeness (QED) is 0.130. The van der Waals surface area contributed by atoms with Crippen LogP contribution in [0.2, 0.25) is 0 Å². The Hall–Kier alpha value is -3.62. The number of aromatic amines is 1. The van der Waals surface area contributed by atoms with Crippen LogP contribution in [0.25, 0.3) is 10.9 Å². The number of nitrogens with one attached hydrogen (secondary N) is 4. The highest BCUT2D eigenvalue weighted by Crippen LogP contribution is 2.18. The minimum atomic E-state index is -1.56. The van der Waals surface area contributed by atoms with Crippen LogP contribution in [0.5, 0.6) is 0 Å². The number of thioether (sulfide) groups is 1. The monoisotopic (exact) mass is 550 g/mol. The molecule has 0 bridgehead atoms. The lowest BCUT2D eigenvalue weighted by atomic mass is 10.0. The van der Waals surface area contributed by atoms with Crippen LogP contribution in [-0.2, 0) is 30.4 Å². The standard InChI is InChI=1S/C24H34N6O7S/c1-12(31)20(23(35)28-17(24(36)37)7-8-38-2)30-22(34)18(10-19(26)32)29-21(33)15(25)9-13-11-27-16-6-4-3-5-14(13)16/h3-6,11-12,15,17-18,20,27,31H,7-10,25H2,1-2H3,(H2,26,32)(H,28,35)(H,29,33)(H,30,34)(H,36,37). The molecular formula is C24H34N6O7S. The first-order valence-electron chi connectivity index (χ1n) is 11.8. The van der Waals surface area contributed by atoms with Crippen LogP contribution in [0.3, 0.4) is 0 Å². The number of aliphatic carboxylic acids is 1. The molecule has 1 aromatic carbocycles. The van der Waals surface area contributed by atoms with Crippen molar-refractivity contribution in [2.45, 2.75) is 56.5 Å². The molecule has 4 amide bonds. The van der Waals surface area contributed by atoms with Gasteiger partial charge in [-0.05, 0) is 43.4 Å². The zero-order valence-corrected chi connectivity index (χ0v) is 21.9. The number of aromatic nitrogens is 1. The van der Waals surface area contributed by atoms with E-state index in [1.165, 1.54) is 18.7 Å². The SMILES string of the molecule is CSCCC(NC(=O)C(NC(=O)C(CC(N)=O)NC(=O)C(N)Cc1c[nH]c2ccccc12)C(C)O)C(=O)O. The van der Waals surface area contributed by atoms with Gasteiger partial charge < -0.3 is 42.6 Å². The highest BCUT2D eigenvalue weighted by molar-refractivity contribution is 7.98. The van der Waals surface area contributed by atoms with Gasteiger partial charge in [-0.2, -0.15) is 11.8 Å². The van der Waals surface area contributed by atoms with Crippen molar-refractivity contribution in [2.75, 3.05) is 12.0 Å². The molecule has 38 heavy (non-hydrogen) atoms. The summed E-state index contributed by atoms with van der Waals surface area (Å²) in [5.74, 6) is -4.38. The third-order valence-corrected chi connectivity index (χ3v) is 6.42. The summed E-state index contributed by atoms with van der Waals surface area (Å²) in [4.78, 5) is 64.6. The van der Waals surface area contributed by atoms with Crippen molar-refractivity contribution in [1.82, 2.24) is 20.9 Å². The summed E-state index contributed by atoms with van der Waals surface area (Å²) in [7, 11) is 0. The first-order chi connectivity index (χ1) is 17.9. The fourth-order valence-corrected chi connectivity index (χ4v) is 4.20. The molecular weight excluding hydrogens is 516 g/mol. The number of nitrogens with two attached hydrogens (primary N) is 2. The van der Waals surface area contributed by atoms with Crippen LogP contribution >= 0.6 is 11.8 Å². The number of carbonyl (C=O) groups is 5. The number of fused-ring (bicyclic) bond motifs is 1. The number of hydrogen-bond acceptors (Lipinski definition) is 8. The summed E-state index contributed by atoms with van der Waals surface area (Å²) in [5, 5.41) is 27.3. The van der Waals surface area contributed by atoms with Crippen LogP contribution in [0.1, 0.15) is 25.3 Å². The van der Waals surface area contributed by atoms with Crippen LogP contribution in [0.4, 0.5) is 0 Å². The van der Waals surface area contributed by atoms with Crippen molar-refractivity contribution in [3.05, 3.63) is 36.0 Å². The number of H-pyrrole nitrogens is 1. The number of benzene rings is 1. The van der Waals surface area contributed by atoms with E-state index in [0.29, 0.717) is 5.75 Å². The van der Waals surface area contributed by atoms with Gasteiger partial charge in [-0.3, -0.25) is 19.2 Å². The summed E-state index contributed by atoms with van der Waals surface area (Å²) in [5.41, 5.74) is 13.0. The molecule has 5 unspecified atom stereocenters. The van der Waals surface area contributed by atoms with Crippen LogP contribution in [-0.4, -0.2) is 87.1 Å².